The minimum Gasteiger partial charge on any atom is -0.381 e. The van der Waals surface area contributed by atoms with Gasteiger partial charge in [0.1, 0.15) is 0 Å². The predicted molar refractivity (Wildman–Crippen MR) is 87.1 cm³/mol. The molecule has 0 spiro atoms. The topological polar surface area (TPSA) is 9.23 Å². The van der Waals surface area contributed by atoms with E-state index in [9.17, 15) is 0 Å². The zero-order valence-corrected chi connectivity index (χ0v) is 14.4. The third-order valence-electron chi connectivity index (χ3n) is 8.73. The maximum absolute atomic E-state index is 5.71. The molecule has 4 saturated carbocycles. The van der Waals surface area contributed by atoms with Crippen LogP contribution in [0.25, 0.3) is 0 Å². The number of hydrogen-bond acceptors (Lipinski definition) is 1. The van der Waals surface area contributed by atoms with Gasteiger partial charge in [-0.05, 0) is 92.3 Å². The zero-order chi connectivity index (χ0) is 14.7. The lowest BCUT2D eigenvalue weighted by molar-refractivity contribution is -0.125. The summed E-state index contributed by atoms with van der Waals surface area (Å²) in [7, 11) is 1.92. The highest BCUT2D eigenvalue weighted by Gasteiger charge is 2.57. The van der Waals surface area contributed by atoms with Crippen molar-refractivity contribution in [2.24, 2.45) is 34.5 Å². The van der Waals surface area contributed by atoms with Gasteiger partial charge in [-0.15, -0.1) is 0 Å². The summed E-state index contributed by atoms with van der Waals surface area (Å²) in [5.74, 6) is 4.11. The molecule has 0 aromatic rings. The standard InChI is InChI=1S/C20H34O/c1-19-10-4-5-17(19)16-7-6-14-13-15(21-3)8-12-20(14,2)18(16)9-11-19/h14-18H,4-13H2,1-3H3/t14-,15?,16-,17-,18-,19-,20-/m0/s1. The molecule has 0 amide bonds. The van der Waals surface area contributed by atoms with E-state index in [0.29, 0.717) is 16.9 Å². The normalized spacial score (nSPS) is 56.4. The zero-order valence-electron chi connectivity index (χ0n) is 14.4. The van der Waals surface area contributed by atoms with Gasteiger partial charge >= 0.3 is 0 Å². The highest BCUT2D eigenvalue weighted by molar-refractivity contribution is 5.07. The molecule has 4 rings (SSSR count). The predicted octanol–water partition coefficient (Wildman–Crippen LogP) is 5.43. The van der Waals surface area contributed by atoms with Crippen LogP contribution in [0.2, 0.25) is 0 Å². The van der Waals surface area contributed by atoms with Crippen molar-refractivity contribution < 1.29 is 4.74 Å². The molecule has 0 aromatic heterocycles. The Morgan fingerprint density at radius 3 is 2.52 bits per heavy atom. The van der Waals surface area contributed by atoms with Crippen molar-refractivity contribution in [2.75, 3.05) is 7.11 Å². The largest absolute Gasteiger partial charge is 0.381 e. The summed E-state index contributed by atoms with van der Waals surface area (Å²) in [4.78, 5) is 0. The highest BCUT2D eigenvalue weighted by atomic mass is 16.5. The van der Waals surface area contributed by atoms with Crippen LogP contribution in [-0.2, 0) is 4.74 Å². The second kappa shape index (κ2) is 4.98. The van der Waals surface area contributed by atoms with Gasteiger partial charge < -0.3 is 4.74 Å². The lowest BCUT2D eigenvalue weighted by Crippen LogP contribution is -2.53. The second-order valence-electron chi connectivity index (χ2n) is 9.37. The van der Waals surface area contributed by atoms with Crippen molar-refractivity contribution in [1.29, 1.82) is 0 Å². The Bertz CT molecular complexity index is 405. The summed E-state index contributed by atoms with van der Waals surface area (Å²) in [5.41, 5.74) is 1.36. The Balaban J connectivity index is 1.59. The molecule has 0 radical (unpaired) electrons. The van der Waals surface area contributed by atoms with E-state index in [-0.39, 0.29) is 0 Å². The maximum Gasteiger partial charge on any atom is 0.0574 e. The van der Waals surface area contributed by atoms with Crippen LogP contribution < -0.4 is 0 Å². The molecular weight excluding hydrogens is 256 g/mol. The number of methoxy groups -OCH3 is 1. The second-order valence-corrected chi connectivity index (χ2v) is 9.37. The minimum atomic E-state index is 0.556. The molecule has 1 unspecified atom stereocenters. The number of fused-ring (bicyclic) bond motifs is 5. The van der Waals surface area contributed by atoms with Crippen molar-refractivity contribution in [1.82, 2.24) is 0 Å². The lowest BCUT2D eigenvalue weighted by Gasteiger charge is -2.60. The smallest absolute Gasteiger partial charge is 0.0574 e. The molecule has 120 valence electrons. The van der Waals surface area contributed by atoms with Gasteiger partial charge in [0.2, 0.25) is 0 Å². The lowest BCUT2D eigenvalue weighted by atomic mass is 9.45. The summed E-state index contributed by atoms with van der Waals surface area (Å²) in [5, 5.41) is 0. The molecule has 0 N–H and O–H groups in total. The van der Waals surface area contributed by atoms with Crippen molar-refractivity contribution in [3.05, 3.63) is 0 Å². The van der Waals surface area contributed by atoms with Gasteiger partial charge in [-0.2, -0.15) is 0 Å². The molecule has 21 heavy (non-hydrogen) atoms. The minimum absolute atomic E-state index is 0.556. The third kappa shape index (κ3) is 2.06. The van der Waals surface area contributed by atoms with E-state index in [1.807, 2.05) is 7.11 Å². The molecule has 0 bridgehead atoms. The van der Waals surface area contributed by atoms with Crippen molar-refractivity contribution in [2.45, 2.75) is 84.2 Å². The van der Waals surface area contributed by atoms with Crippen molar-refractivity contribution in [3.8, 4) is 0 Å². The maximum atomic E-state index is 5.71. The molecule has 0 aromatic carbocycles. The van der Waals surface area contributed by atoms with Gasteiger partial charge in [-0.25, -0.2) is 0 Å². The first kappa shape index (κ1) is 14.5. The summed E-state index contributed by atoms with van der Waals surface area (Å²) in [6.45, 7) is 5.29. The Morgan fingerprint density at radius 2 is 1.71 bits per heavy atom. The fourth-order valence-electron chi connectivity index (χ4n) is 7.43. The van der Waals surface area contributed by atoms with E-state index in [1.165, 1.54) is 57.8 Å². The fourth-order valence-corrected chi connectivity index (χ4v) is 7.43. The van der Waals surface area contributed by atoms with Gasteiger partial charge in [0, 0.05) is 7.11 Å². The average Bonchev–Trinajstić information content (AvgIpc) is 2.88. The molecule has 4 aliphatic rings. The van der Waals surface area contributed by atoms with Crippen molar-refractivity contribution >= 4 is 0 Å². The van der Waals surface area contributed by atoms with E-state index in [0.717, 1.165) is 23.7 Å². The van der Waals surface area contributed by atoms with Crippen LogP contribution in [0, 0.1) is 34.5 Å². The van der Waals surface area contributed by atoms with Crippen LogP contribution in [0.3, 0.4) is 0 Å². The van der Waals surface area contributed by atoms with Gasteiger partial charge in [0.05, 0.1) is 6.10 Å². The summed E-state index contributed by atoms with van der Waals surface area (Å²) in [6.07, 6.45) is 15.3. The van der Waals surface area contributed by atoms with Crippen LogP contribution in [-0.4, -0.2) is 13.2 Å². The first-order valence-electron chi connectivity index (χ1n) is 9.60. The average molecular weight is 290 g/mol. The van der Waals surface area contributed by atoms with E-state index >= 15 is 0 Å². The van der Waals surface area contributed by atoms with Crippen molar-refractivity contribution in [3.63, 3.8) is 0 Å². The Kier molecular flexibility index (Phi) is 3.45. The molecule has 1 nitrogen and oxygen atoms in total. The summed E-state index contributed by atoms with van der Waals surface area (Å²) in [6, 6.07) is 0. The molecule has 0 heterocycles. The molecule has 0 aliphatic heterocycles. The highest BCUT2D eigenvalue weighted by Crippen LogP contribution is 2.66. The van der Waals surface area contributed by atoms with Gasteiger partial charge in [0.25, 0.3) is 0 Å². The van der Waals surface area contributed by atoms with Crippen LogP contribution in [0.1, 0.15) is 78.1 Å². The molecule has 4 aliphatic carbocycles. The monoisotopic (exact) mass is 290 g/mol. The van der Waals surface area contributed by atoms with Crippen LogP contribution in [0.15, 0.2) is 0 Å². The first-order valence-corrected chi connectivity index (χ1v) is 9.60. The molecular formula is C20H34O. The quantitative estimate of drug-likeness (QED) is 0.625. The Hall–Kier alpha value is -0.0400. The van der Waals surface area contributed by atoms with E-state index < -0.39 is 0 Å². The van der Waals surface area contributed by atoms with E-state index in [1.54, 1.807) is 6.42 Å². The van der Waals surface area contributed by atoms with Gasteiger partial charge in [-0.1, -0.05) is 20.3 Å². The van der Waals surface area contributed by atoms with E-state index in [4.69, 9.17) is 4.74 Å². The Morgan fingerprint density at radius 1 is 0.857 bits per heavy atom. The first-order chi connectivity index (χ1) is 10.1. The third-order valence-corrected chi connectivity index (χ3v) is 8.73. The van der Waals surface area contributed by atoms with Gasteiger partial charge in [0.15, 0.2) is 0 Å². The van der Waals surface area contributed by atoms with Crippen LogP contribution in [0.5, 0.6) is 0 Å². The number of hydrogen-bond donors (Lipinski definition) is 0. The number of ether oxygens (including phenoxy) is 1. The molecule has 7 atom stereocenters. The summed E-state index contributed by atoms with van der Waals surface area (Å²) >= 11 is 0. The number of rotatable bonds is 1. The van der Waals surface area contributed by atoms with Crippen LogP contribution >= 0.6 is 0 Å². The molecule has 0 saturated heterocycles. The molecule has 1 heteroatoms. The van der Waals surface area contributed by atoms with E-state index in [2.05, 4.69) is 13.8 Å². The molecule has 4 fully saturated rings. The Labute approximate surface area is 131 Å². The summed E-state index contributed by atoms with van der Waals surface area (Å²) < 4.78 is 5.71. The van der Waals surface area contributed by atoms with Crippen LogP contribution in [0.4, 0.5) is 0 Å². The fraction of sp³-hybridized carbons (Fsp3) is 1.00. The SMILES string of the molecule is COC1CC[C@@]2(C)[C@@H](CC[C@H]3[C@@H]4CCC[C@@]4(C)CC[C@@H]32)C1. The van der Waals surface area contributed by atoms with Gasteiger partial charge in [-0.3, -0.25) is 0 Å².